The van der Waals surface area contributed by atoms with Gasteiger partial charge in [0, 0.05) is 25.2 Å². The van der Waals surface area contributed by atoms with Crippen LogP contribution in [-0.2, 0) is 11.3 Å². The molecule has 106 valence electrons. The molecule has 2 rings (SSSR count). The van der Waals surface area contributed by atoms with Crippen LogP contribution in [0.5, 0.6) is 0 Å². The second-order valence-electron chi connectivity index (χ2n) is 4.87. The number of carbonyl (C=O) groups is 1. The zero-order chi connectivity index (χ0) is 13.1. The van der Waals surface area contributed by atoms with Crippen LogP contribution in [0, 0.1) is 0 Å². The molecular formula is C14H21ClN2O2. The Morgan fingerprint density at radius 1 is 1.26 bits per heavy atom. The number of hydrogen-bond donors (Lipinski definition) is 1. The molecule has 1 aliphatic rings. The summed E-state index contributed by atoms with van der Waals surface area (Å²) in [5.74, 6) is 0.0700. The summed E-state index contributed by atoms with van der Waals surface area (Å²) < 4.78 is 5.63. The van der Waals surface area contributed by atoms with Gasteiger partial charge in [0.25, 0.3) is 5.91 Å². The highest BCUT2D eigenvalue weighted by molar-refractivity contribution is 5.94. The van der Waals surface area contributed by atoms with Crippen molar-refractivity contribution in [2.75, 3.05) is 13.1 Å². The van der Waals surface area contributed by atoms with Crippen LogP contribution in [0.25, 0.3) is 0 Å². The van der Waals surface area contributed by atoms with Crippen LogP contribution in [-0.4, -0.2) is 36.1 Å². The van der Waals surface area contributed by atoms with Crippen LogP contribution in [0.1, 0.15) is 29.8 Å². The minimum absolute atomic E-state index is 0. The van der Waals surface area contributed by atoms with Gasteiger partial charge in [-0.2, -0.15) is 0 Å². The monoisotopic (exact) mass is 284 g/mol. The Hall–Kier alpha value is -1.10. The van der Waals surface area contributed by atoms with Crippen molar-refractivity contribution in [3.05, 3.63) is 35.4 Å². The maximum atomic E-state index is 12.3. The second-order valence-corrected chi connectivity index (χ2v) is 4.87. The highest BCUT2D eigenvalue weighted by Crippen LogP contribution is 2.14. The van der Waals surface area contributed by atoms with E-state index in [1.54, 1.807) is 0 Å². The summed E-state index contributed by atoms with van der Waals surface area (Å²) in [5, 5.41) is 0. The van der Waals surface area contributed by atoms with Crippen LogP contribution in [0.2, 0.25) is 0 Å². The van der Waals surface area contributed by atoms with Gasteiger partial charge >= 0.3 is 0 Å². The van der Waals surface area contributed by atoms with Crippen LogP contribution in [0.15, 0.2) is 24.3 Å². The van der Waals surface area contributed by atoms with Crippen molar-refractivity contribution in [1.82, 2.24) is 4.90 Å². The highest BCUT2D eigenvalue weighted by Gasteiger charge is 2.26. The van der Waals surface area contributed by atoms with Crippen LogP contribution < -0.4 is 5.73 Å². The largest absolute Gasteiger partial charge is 0.372 e. The first kappa shape index (κ1) is 16.0. The Bertz CT molecular complexity index is 412. The average Bonchev–Trinajstić information content (AvgIpc) is 2.37. The molecule has 0 spiro atoms. The molecule has 1 fully saturated rings. The van der Waals surface area contributed by atoms with E-state index < -0.39 is 0 Å². The molecule has 4 nitrogen and oxygen atoms in total. The Labute approximate surface area is 120 Å². The van der Waals surface area contributed by atoms with Gasteiger partial charge in [0.15, 0.2) is 0 Å². The van der Waals surface area contributed by atoms with Crippen LogP contribution in [0.4, 0.5) is 0 Å². The Balaban J connectivity index is 0.00000180. The number of amides is 1. The number of rotatable bonds is 2. The standard InChI is InChI=1S/C14H20N2O2.ClH/c1-10-8-16(9-11(2)18-10)14(17)13-5-3-12(7-15)4-6-13;/h3-6,10-11H,7-9,15H2,1-2H3;1H. The van der Waals surface area contributed by atoms with E-state index in [2.05, 4.69) is 0 Å². The molecule has 2 N–H and O–H groups in total. The first-order valence-corrected chi connectivity index (χ1v) is 6.34. The number of benzene rings is 1. The first-order valence-electron chi connectivity index (χ1n) is 6.34. The van der Waals surface area contributed by atoms with Crippen molar-refractivity contribution in [3.8, 4) is 0 Å². The maximum absolute atomic E-state index is 12.3. The summed E-state index contributed by atoms with van der Waals surface area (Å²) in [4.78, 5) is 14.2. The first-order chi connectivity index (χ1) is 8.60. The van der Waals surface area contributed by atoms with Gasteiger partial charge in [0.05, 0.1) is 12.2 Å². The van der Waals surface area contributed by atoms with Gasteiger partial charge < -0.3 is 15.4 Å². The van der Waals surface area contributed by atoms with Crippen molar-refractivity contribution in [2.45, 2.75) is 32.6 Å². The van der Waals surface area contributed by atoms with Crippen molar-refractivity contribution < 1.29 is 9.53 Å². The summed E-state index contributed by atoms with van der Waals surface area (Å²) in [6.07, 6.45) is 0.196. The summed E-state index contributed by atoms with van der Waals surface area (Å²) in [7, 11) is 0. The number of ether oxygens (including phenoxy) is 1. The Morgan fingerprint density at radius 3 is 2.26 bits per heavy atom. The molecule has 1 heterocycles. The van der Waals surface area contributed by atoms with E-state index in [-0.39, 0.29) is 30.5 Å². The molecule has 1 aliphatic heterocycles. The van der Waals surface area contributed by atoms with Crippen molar-refractivity contribution in [1.29, 1.82) is 0 Å². The molecule has 0 radical (unpaired) electrons. The van der Waals surface area contributed by atoms with E-state index in [1.165, 1.54) is 0 Å². The van der Waals surface area contributed by atoms with Gasteiger partial charge in [-0.1, -0.05) is 12.1 Å². The number of nitrogens with two attached hydrogens (primary N) is 1. The lowest BCUT2D eigenvalue weighted by atomic mass is 10.1. The van der Waals surface area contributed by atoms with Crippen molar-refractivity contribution in [2.24, 2.45) is 5.73 Å². The number of carbonyl (C=O) groups excluding carboxylic acids is 1. The van der Waals surface area contributed by atoms with Crippen LogP contribution >= 0.6 is 12.4 Å². The lowest BCUT2D eigenvalue weighted by Gasteiger charge is -2.35. The molecule has 19 heavy (non-hydrogen) atoms. The van der Waals surface area contributed by atoms with Gasteiger partial charge in [-0.15, -0.1) is 12.4 Å². The summed E-state index contributed by atoms with van der Waals surface area (Å²) in [6, 6.07) is 7.49. The summed E-state index contributed by atoms with van der Waals surface area (Å²) >= 11 is 0. The van der Waals surface area contributed by atoms with E-state index in [0.717, 1.165) is 5.56 Å². The molecule has 2 unspecified atom stereocenters. The van der Waals surface area contributed by atoms with Crippen molar-refractivity contribution in [3.63, 3.8) is 0 Å². The molecule has 0 bridgehead atoms. The third-order valence-corrected chi connectivity index (χ3v) is 3.14. The Kier molecular flexibility index (Phi) is 5.79. The SMILES string of the molecule is CC1CN(C(=O)c2ccc(CN)cc2)CC(C)O1.Cl. The number of hydrogen-bond acceptors (Lipinski definition) is 3. The van der Waals surface area contributed by atoms with E-state index in [0.29, 0.717) is 25.2 Å². The minimum atomic E-state index is 0. The molecule has 1 saturated heterocycles. The average molecular weight is 285 g/mol. The molecule has 5 heteroatoms. The topological polar surface area (TPSA) is 55.6 Å². The third-order valence-electron chi connectivity index (χ3n) is 3.14. The third kappa shape index (κ3) is 3.93. The molecule has 0 aromatic heterocycles. The van der Waals surface area contributed by atoms with E-state index >= 15 is 0 Å². The zero-order valence-corrected chi connectivity index (χ0v) is 12.2. The molecule has 0 aliphatic carbocycles. The Morgan fingerprint density at radius 2 is 1.79 bits per heavy atom. The van der Waals surface area contributed by atoms with Gasteiger partial charge in [-0.05, 0) is 31.5 Å². The molecule has 0 saturated carbocycles. The summed E-state index contributed by atoms with van der Waals surface area (Å²) in [5.41, 5.74) is 7.30. The highest BCUT2D eigenvalue weighted by atomic mass is 35.5. The number of nitrogens with zero attached hydrogens (tertiary/aromatic N) is 1. The van der Waals surface area contributed by atoms with Gasteiger partial charge in [-0.25, -0.2) is 0 Å². The van der Waals surface area contributed by atoms with E-state index in [1.807, 2.05) is 43.0 Å². The van der Waals surface area contributed by atoms with Gasteiger partial charge in [0.2, 0.25) is 0 Å². The molecule has 1 aromatic rings. The fourth-order valence-electron chi connectivity index (χ4n) is 2.31. The second kappa shape index (κ2) is 6.89. The fourth-order valence-corrected chi connectivity index (χ4v) is 2.31. The predicted octanol–water partition coefficient (Wildman–Crippen LogP) is 1.82. The normalized spacial score (nSPS) is 22.8. The van der Waals surface area contributed by atoms with Crippen molar-refractivity contribution >= 4 is 18.3 Å². The lowest BCUT2D eigenvalue weighted by molar-refractivity contribution is -0.0586. The maximum Gasteiger partial charge on any atom is 0.254 e. The smallest absolute Gasteiger partial charge is 0.254 e. The lowest BCUT2D eigenvalue weighted by Crippen LogP contribution is -2.48. The summed E-state index contributed by atoms with van der Waals surface area (Å²) in [6.45, 7) is 5.80. The predicted molar refractivity (Wildman–Crippen MR) is 77.5 cm³/mol. The molecule has 1 amide bonds. The van der Waals surface area contributed by atoms with Crippen LogP contribution in [0.3, 0.4) is 0 Å². The molecular weight excluding hydrogens is 264 g/mol. The molecule has 2 atom stereocenters. The quantitative estimate of drug-likeness (QED) is 0.901. The minimum Gasteiger partial charge on any atom is -0.372 e. The van der Waals surface area contributed by atoms with E-state index in [4.69, 9.17) is 10.5 Å². The molecule has 1 aromatic carbocycles. The van der Waals surface area contributed by atoms with Gasteiger partial charge in [0.1, 0.15) is 0 Å². The zero-order valence-electron chi connectivity index (χ0n) is 11.3. The number of halogens is 1. The van der Waals surface area contributed by atoms with Gasteiger partial charge in [-0.3, -0.25) is 4.79 Å². The number of morpholine rings is 1. The van der Waals surface area contributed by atoms with E-state index in [9.17, 15) is 4.79 Å². The fraction of sp³-hybridized carbons (Fsp3) is 0.500.